The molecule has 0 rings (SSSR count). The second-order valence-electron chi connectivity index (χ2n) is 2.93. The molecule has 0 fully saturated rings. The Morgan fingerprint density at radius 3 is 2.08 bits per heavy atom. The van der Waals surface area contributed by atoms with Crippen molar-refractivity contribution in [3.05, 3.63) is 0 Å². The number of carboxylic acids is 2. The molecule has 12 heavy (non-hydrogen) atoms. The molecule has 0 aromatic rings. The summed E-state index contributed by atoms with van der Waals surface area (Å²) in [6.45, 7) is 3.60. The van der Waals surface area contributed by atoms with Crippen LogP contribution in [0.5, 0.6) is 0 Å². The standard InChI is InChI=1S/C8H14O4/c1-3-5(2)6(8(11)12)4-7(9)10/h5-6H,3-4H2,1-2H3,(H,9,10)(H,11,12)/t5-,6+/m1/s1. The Morgan fingerprint density at radius 2 is 1.83 bits per heavy atom. The van der Waals surface area contributed by atoms with E-state index in [4.69, 9.17) is 10.2 Å². The van der Waals surface area contributed by atoms with Gasteiger partial charge in [0.1, 0.15) is 0 Å². The summed E-state index contributed by atoms with van der Waals surface area (Å²) in [6.07, 6.45) is 0.397. The molecule has 2 atom stereocenters. The normalized spacial score (nSPS) is 15.2. The van der Waals surface area contributed by atoms with Crippen molar-refractivity contribution in [1.82, 2.24) is 0 Å². The van der Waals surface area contributed by atoms with Crippen LogP contribution in [-0.2, 0) is 9.59 Å². The van der Waals surface area contributed by atoms with Gasteiger partial charge in [-0.15, -0.1) is 0 Å². The number of carboxylic acid groups (broad SMARTS) is 2. The number of hydrogen-bond acceptors (Lipinski definition) is 2. The topological polar surface area (TPSA) is 74.6 Å². The second-order valence-corrected chi connectivity index (χ2v) is 2.93. The van der Waals surface area contributed by atoms with E-state index in [1.165, 1.54) is 0 Å². The molecule has 0 aliphatic rings. The first-order chi connectivity index (χ1) is 5.49. The van der Waals surface area contributed by atoms with Crippen molar-refractivity contribution in [2.45, 2.75) is 26.7 Å². The summed E-state index contributed by atoms with van der Waals surface area (Å²) in [5.41, 5.74) is 0. The van der Waals surface area contributed by atoms with Gasteiger partial charge in [0.25, 0.3) is 0 Å². The zero-order chi connectivity index (χ0) is 9.72. The minimum Gasteiger partial charge on any atom is -0.481 e. The summed E-state index contributed by atoms with van der Waals surface area (Å²) in [7, 11) is 0. The molecule has 0 bridgehead atoms. The molecule has 0 aromatic carbocycles. The molecule has 4 heteroatoms. The quantitative estimate of drug-likeness (QED) is 0.656. The van der Waals surface area contributed by atoms with Crippen molar-refractivity contribution in [3.63, 3.8) is 0 Å². The molecule has 0 amide bonds. The van der Waals surface area contributed by atoms with Crippen LogP contribution in [0.15, 0.2) is 0 Å². The van der Waals surface area contributed by atoms with E-state index in [1.54, 1.807) is 6.92 Å². The lowest BCUT2D eigenvalue weighted by Crippen LogP contribution is -2.24. The maximum absolute atomic E-state index is 10.6. The summed E-state index contributed by atoms with van der Waals surface area (Å²) in [5.74, 6) is -2.92. The van der Waals surface area contributed by atoms with Crippen LogP contribution in [0.25, 0.3) is 0 Å². The average Bonchev–Trinajstić information content (AvgIpc) is 1.98. The Hall–Kier alpha value is -1.06. The SMILES string of the molecule is CC[C@@H](C)[C@H](CC(=O)O)C(=O)O. The van der Waals surface area contributed by atoms with E-state index in [-0.39, 0.29) is 12.3 Å². The van der Waals surface area contributed by atoms with Crippen LogP contribution >= 0.6 is 0 Å². The van der Waals surface area contributed by atoms with Crippen LogP contribution in [0.3, 0.4) is 0 Å². The van der Waals surface area contributed by atoms with Gasteiger partial charge in [-0.05, 0) is 5.92 Å². The first-order valence-electron chi connectivity index (χ1n) is 3.93. The fourth-order valence-electron chi connectivity index (χ4n) is 1.00. The Balaban J connectivity index is 4.22. The lowest BCUT2D eigenvalue weighted by atomic mass is 9.89. The minimum atomic E-state index is -1.05. The van der Waals surface area contributed by atoms with Gasteiger partial charge in [0.05, 0.1) is 12.3 Å². The molecule has 2 N–H and O–H groups in total. The van der Waals surface area contributed by atoms with E-state index in [9.17, 15) is 9.59 Å². The molecule has 0 saturated heterocycles. The van der Waals surface area contributed by atoms with Gasteiger partial charge in [0.2, 0.25) is 0 Å². The van der Waals surface area contributed by atoms with E-state index < -0.39 is 17.9 Å². The molecule has 0 aromatic heterocycles. The van der Waals surface area contributed by atoms with Crippen LogP contribution in [0.1, 0.15) is 26.7 Å². The zero-order valence-corrected chi connectivity index (χ0v) is 7.28. The second kappa shape index (κ2) is 4.74. The van der Waals surface area contributed by atoms with E-state index in [1.807, 2.05) is 6.92 Å². The molecular weight excluding hydrogens is 160 g/mol. The van der Waals surface area contributed by atoms with Crippen molar-refractivity contribution in [2.75, 3.05) is 0 Å². The van der Waals surface area contributed by atoms with Crippen molar-refractivity contribution >= 4 is 11.9 Å². The molecule has 0 unspecified atom stereocenters. The highest BCUT2D eigenvalue weighted by Gasteiger charge is 2.25. The fourth-order valence-corrected chi connectivity index (χ4v) is 1.00. The molecule has 0 aliphatic carbocycles. The Bertz CT molecular complexity index is 176. The Kier molecular flexibility index (Phi) is 4.33. The number of carbonyl (C=O) groups is 2. The highest BCUT2D eigenvalue weighted by molar-refractivity contribution is 5.77. The van der Waals surface area contributed by atoms with Crippen LogP contribution < -0.4 is 0 Å². The summed E-state index contributed by atoms with van der Waals surface area (Å²) in [5, 5.41) is 17.1. The average molecular weight is 174 g/mol. The first-order valence-corrected chi connectivity index (χ1v) is 3.93. The summed E-state index contributed by atoms with van der Waals surface area (Å²) < 4.78 is 0. The summed E-state index contributed by atoms with van der Waals surface area (Å²) in [6, 6.07) is 0. The third kappa shape index (κ3) is 3.37. The number of rotatable bonds is 5. The van der Waals surface area contributed by atoms with E-state index in [2.05, 4.69) is 0 Å². The van der Waals surface area contributed by atoms with Crippen LogP contribution in [0.4, 0.5) is 0 Å². The van der Waals surface area contributed by atoms with Crippen molar-refractivity contribution in [2.24, 2.45) is 11.8 Å². The van der Waals surface area contributed by atoms with Crippen LogP contribution in [0, 0.1) is 11.8 Å². The molecule has 0 aliphatic heterocycles. The maximum Gasteiger partial charge on any atom is 0.307 e. The smallest absolute Gasteiger partial charge is 0.307 e. The number of hydrogen-bond donors (Lipinski definition) is 2. The lowest BCUT2D eigenvalue weighted by molar-refractivity contribution is -0.150. The van der Waals surface area contributed by atoms with Crippen LogP contribution in [0.2, 0.25) is 0 Å². The van der Waals surface area contributed by atoms with Gasteiger partial charge < -0.3 is 10.2 Å². The van der Waals surface area contributed by atoms with E-state index >= 15 is 0 Å². The van der Waals surface area contributed by atoms with E-state index in [0.717, 1.165) is 0 Å². The Labute approximate surface area is 71.2 Å². The van der Waals surface area contributed by atoms with Gasteiger partial charge in [-0.2, -0.15) is 0 Å². The van der Waals surface area contributed by atoms with Gasteiger partial charge in [0.15, 0.2) is 0 Å². The number of aliphatic carboxylic acids is 2. The predicted molar refractivity (Wildman–Crippen MR) is 42.8 cm³/mol. The van der Waals surface area contributed by atoms with Crippen molar-refractivity contribution in [1.29, 1.82) is 0 Å². The third-order valence-corrected chi connectivity index (χ3v) is 2.04. The molecule has 4 nitrogen and oxygen atoms in total. The molecule has 0 radical (unpaired) electrons. The monoisotopic (exact) mass is 174 g/mol. The van der Waals surface area contributed by atoms with Gasteiger partial charge in [-0.1, -0.05) is 20.3 Å². The largest absolute Gasteiger partial charge is 0.481 e. The van der Waals surface area contributed by atoms with Crippen molar-refractivity contribution < 1.29 is 19.8 Å². The van der Waals surface area contributed by atoms with Crippen LogP contribution in [-0.4, -0.2) is 22.2 Å². The minimum absolute atomic E-state index is 0.0846. The highest BCUT2D eigenvalue weighted by atomic mass is 16.4. The summed E-state index contributed by atoms with van der Waals surface area (Å²) >= 11 is 0. The molecule has 0 saturated carbocycles. The van der Waals surface area contributed by atoms with Gasteiger partial charge in [-0.3, -0.25) is 9.59 Å². The first kappa shape index (κ1) is 10.9. The van der Waals surface area contributed by atoms with Gasteiger partial charge in [-0.25, -0.2) is 0 Å². The lowest BCUT2D eigenvalue weighted by Gasteiger charge is -2.15. The van der Waals surface area contributed by atoms with Crippen molar-refractivity contribution in [3.8, 4) is 0 Å². The highest BCUT2D eigenvalue weighted by Crippen LogP contribution is 2.18. The predicted octanol–water partition coefficient (Wildman–Crippen LogP) is 1.21. The Morgan fingerprint density at radius 1 is 1.33 bits per heavy atom. The molecule has 70 valence electrons. The van der Waals surface area contributed by atoms with Gasteiger partial charge in [0, 0.05) is 0 Å². The third-order valence-electron chi connectivity index (χ3n) is 2.04. The molecule has 0 spiro atoms. The fraction of sp³-hybridized carbons (Fsp3) is 0.750. The molecule has 0 heterocycles. The zero-order valence-electron chi connectivity index (χ0n) is 7.28. The van der Waals surface area contributed by atoms with E-state index in [0.29, 0.717) is 6.42 Å². The summed E-state index contributed by atoms with van der Waals surface area (Å²) in [4.78, 5) is 20.8. The maximum atomic E-state index is 10.6. The molecular formula is C8H14O4. The van der Waals surface area contributed by atoms with Gasteiger partial charge >= 0.3 is 11.9 Å².